The fourth-order valence-electron chi connectivity index (χ4n) is 2.13. The largest absolute Gasteiger partial charge is 0.341 e. The molecule has 0 aromatic heterocycles. The lowest BCUT2D eigenvalue weighted by Crippen LogP contribution is -2.18. The summed E-state index contributed by atoms with van der Waals surface area (Å²) in [5.74, 6) is 0.0804. The molecule has 0 amide bonds. The molecule has 0 unspecified atom stereocenters. The van der Waals surface area contributed by atoms with E-state index in [1.807, 2.05) is 48.5 Å². The van der Waals surface area contributed by atoms with Crippen molar-refractivity contribution in [1.82, 2.24) is 0 Å². The Morgan fingerprint density at radius 2 is 1.84 bits per heavy atom. The highest BCUT2D eigenvalue weighted by atomic mass is 79.9. The van der Waals surface area contributed by atoms with E-state index in [1.54, 1.807) is 6.92 Å². The highest BCUT2D eigenvalue weighted by Gasteiger charge is 2.14. The Bertz CT molecular complexity index is 581. The standard InChI is InChI=1S/C16H16BrNO/c1-3-18(14-7-5-4-6-8-14)16-11-13(17)9-10-15(16)12(2)19/h4-11H,3H2,1-2H3. The van der Waals surface area contributed by atoms with Crippen molar-refractivity contribution in [2.45, 2.75) is 13.8 Å². The third-order valence-corrected chi connectivity index (χ3v) is 3.51. The van der Waals surface area contributed by atoms with Crippen LogP contribution in [0.4, 0.5) is 11.4 Å². The van der Waals surface area contributed by atoms with E-state index in [4.69, 9.17) is 0 Å². The molecular weight excluding hydrogens is 302 g/mol. The molecule has 19 heavy (non-hydrogen) atoms. The molecule has 0 atom stereocenters. The maximum Gasteiger partial charge on any atom is 0.161 e. The maximum atomic E-state index is 11.8. The van der Waals surface area contributed by atoms with E-state index >= 15 is 0 Å². The molecule has 0 spiro atoms. The van der Waals surface area contributed by atoms with Gasteiger partial charge in [-0.3, -0.25) is 4.79 Å². The molecule has 2 nitrogen and oxygen atoms in total. The molecule has 0 saturated carbocycles. The van der Waals surface area contributed by atoms with Gasteiger partial charge in [0.2, 0.25) is 0 Å². The molecule has 0 aliphatic carbocycles. The Labute approximate surface area is 122 Å². The summed E-state index contributed by atoms with van der Waals surface area (Å²) in [7, 11) is 0. The van der Waals surface area contributed by atoms with E-state index in [0.29, 0.717) is 0 Å². The van der Waals surface area contributed by atoms with Crippen LogP contribution in [0.2, 0.25) is 0 Å². The van der Waals surface area contributed by atoms with Crippen molar-refractivity contribution in [3.8, 4) is 0 Å². The molecule has 2 aromatic rings. The van der Waals surface area contributed by atoms with Gasteiger partial charge in [0.1, 0.15) is 0 Å². The van der Waals surface area contributed by atoms with Crippen LogP contribution in [0.3, 0.4) is 0 Å². The number of ketones is 1. The molecule has 2 rings (SSSR count). The lowest BCUT2D eigenvalue weighted by atomic mass is 10.1. The first-order valence-electron chi connectivity index (χ1n) is 6.26. The van der Waals surface area contributed by atoms with Crippen LogP contribution in [0.25, 0.3) is 0 Å². The number of nitrogens with zero attached hydrogens (tertiary/aromatic N) is 1. The fourth-order valence-corrected chi connectivity index (χ4v) is 2.47. The smallest absolute Gasteiger partial charge is 0.161 e. The van der Waals surface area contributed by atoms with E-state index in [0.717, 1.165) is 28.0 Å². The first-order valence-corrected chi connectivity index (χ1v) is 7.06. The number of benzene rings is 2. The van der Waals surface area contributed by atoms with Gasteiger partial charge in [0, 0.05) is 22.3 Å². The maximum absolute atomic E-state index is 11.8. The van der Waals surface area contributed by atoms with E-state index in [2.05, 4.69) is 27.8 Å². The average Bonchev–Trinajstić information content (AvgIpc) is 2.40. The SMILES string of the molecule is CCN(c1ccccc1)c1cc(Br)ccc1C(C)=O. The predicted molar refractivity (Wildman–Crippen MR) is 83.3 cm³/mol. The summed E-state index contributed by atoms with van der Waals surface area (Å²) in [6.45, 7) is 4.49. The van der Waals surface area contributed by atoms with Gasteiger partial charge >= 0.3 is 0 Å². The quantitative estimate of drug-likeness (QED) is 0.754. The molecule has 0 bridgehead atoms. The molecule has 2 aromatic carbocycles. The van der Waals surface area contributed by atoms with E-state index in [1.165, 1.54) is 0 Å². The van der Waals surface area contributed by atoms with Gasteiger partial charge in [0.25, 0.3) is 0 Å². The normalized spacial score (nSPS) is 10.3. The van der Waals surface area contributed by atoms with Crippen molar-refractivity contribution in [3.63, 3.8) is 0 Å². The summed E-state index contributed by atoms with van der Waals surface area (Å²) < 4.78 is 0.974. The summed E-state index contributed by atoms with van der Waals surface area (Å²) in [6, 6.07) is 15.9. The number of hydrogen-bond acceptors (Lipinski definition) is 2. The third kappa shape index (κ3) is 3.04. The second-order valence-electron chi connectivity index (χ2n) is 4.30. The molecular formula is C16H16BrNO. The molecule has 0 N–H and O–H groups in total. The van der Waals surface area contributed by atoms with Crippen LogP contribution in [0.15, 0.2) is 53.0 Å². The van der Waals surface area contributed by atoms with Gasteiger partial charge in [0.05, 0.1) is 5.69 Å². The Balaban J connectivity index is 2.55. The highest BCUT2D eigenvalue weighted by molar-refractivity contribution is 9.10. The van der Waals surface area contributed by atoms with E-state index in [-0.39, 0.29) is 5.78 Å². The Morgan fingerprint density at radius 3 is 2.42 bits per heavy atom. The van der Waals surface area contributed by atoms with Crippen LogP contribution in [0.1, 0.15) is 24.2 Å². The molecule has 98 valence electrons. The topological polar surface area (TPSA) is 20.3 Å². The first kappa shape index (κ1) is 13.8. The van der Waals surface area contributed by atoms with Crippen LogP contribution >= 0.6 is 15.9 Å². The van der Waals surface area contributed by atoms with Crippen molar-refractivity contribution >= 4 is 33.1 Å². The highest BCUT2D eigenvalue weighted by Crippen LogP contribution is 2.31. The lowest BCUT2D eigenvalue weighted by Gasteiger charge is -2.25. The van der Waals surface area contributed by atoms with Crippen molar-refractivity contribution < 1.29 is 4.79 Å². The van der Waals surface area contributed by atoms with Gasteiger partial charge in [-0.25, -0.2) is 0 Å². The van der Waals surface area contributed by atoms with Gasteiger partial charge in [0.15, 0.2) is 5.78 Å². The van der Waals surface area contributed by atoms with Crippen molar-refractivity contribution in [1.29, 1.82) is 0 Å². The molecule has 0 fully saturated rings. The molecule has 0 saturated heterocycles. The van der Waals surface area contributed by atoms with E-state index < -0.39 is 0 Å². The number of para-hydroxylation sites is 1. The van der Waals surface area contributed by atoms with Gasteiger partial charge in [-0.15, -0.1) is 0 Å². The second-order valence-corrected chi connectivity index (χ2v) is 5.21. The number of carbonyl (C=O) groups is 1. The number of rotatable bonds is 4. The fraction of sp³-hybridized carbons (Fsp3) is 0.188. The van der Waals surface area contributed by atoms with Crippen LogP contribution in [0, 0.1) is 0 Å². The van der Waals surface area contributed by atoms with Crippen LogP contribution in [-0.2, 0) is 0 Å². The number of anilines is 2. The molecule has 0 radical (unpaired) electrons. The number of carbonyl (C=O) groups excluding carboxylic acids is 1. The molecule has 0 aliphatic heterocycles. The van der Waals surface area contributed by atoms with Gasteiger partial charge in [-0.1, -0.05) is 34.1 Å². The average molecular weight is 318 g/mol. The molecule has 0 heterocycles. The molecule has 0 aliphatic rings. The Morgan fingerprint density at radius 1 is 1.16 bits per heavy atom. The van der Waals surface area contributed by atoms with Gasteiger partial charge in [-0.05, 0) is 44.2 Å². The second kappa shape index (κ2) is 6.02. The summed E-state index contributed by atoms with van der Waals surface area (Å²) in [4.78, 5) is 13.9. The Kier molecular flexibility index (Phi) is 4.38. The lowest BCUT2D eigenvalue weighted by molar-refractivity contribution is 0.101. The minimum absolute atomic E-state index is 0.0804. The van der Waals surface area contributed by atoms with Crippen molar-refractivity contribution in [2.75, 3.05) is 11.4 Å². The number of halogens is 1. The zero-order chi connectivity index (χ0) is 13.8. The minimum Gasteiger partial charge on any atom is -0.341 e. The Hall–Kier alpha value is -1.61. The zero-order valence-corrected chi connectivity index (χ0v) is 12.6. The van der Waals surface area contributed by atoms with Crippen LogP contribution < -0.4 is 4.90 Å². The van der Waals surface area contributed by atoms with E-state index in [9.17, 15) is 4.79 Å². The third-order valence-electron chi connectivity index (χ3n) is 3.01. The van der Waals surface area contributed by atoms with Gasteiger partial charge in [-0.2, -0.15) is 0 Å². The molecule has 3 heteroatoms. The first-order chi connectivity index (χ1) is 9.13. The summed E-state index contributed by atoms with van der Waals surface area (Å²) >= 11 is 3.48. The van der Waals surface area contributed by atoms with Crippen molar-refractivity contribution in [2.24, 2.45) is 0 Å². The predicted octanol–water partition coefficient (Wildman–Crippen LogP) is 4.81. The summed E-state index contributed by atoms with van der Waals surface area (Å²) in [5.41, 5.74) is 2.77. The minimum atomic E-state index is 0.0804. The monoisotopic (exact) mass is 317 g/mol. The van der Waals surface area contributed by atoms with Crippen LogP contribution in [0.5, 0.6) is 0 Å². The van der Waals surface area contributed by atoms with Crippen molar-refractivity contribution in [3.05, 3.63) is 58.6 Å². The summed E-state index contributed by atoms with van der Waals surface area (Å²) in [6.07, 6.45) is 0. The number of hydrogen-bond donors (Lipinski definition) is 0. The van der Waals surface area contributed by atoms with Crippen LogP contribution in [-0.4, -0.2) is 12.3 Å². The number of Topliss-reactive ketones (excluding diaryl/α,β-unsaturated/α-hetero) is 1. The zero-order valence-electron chi connectivity index (χ0n) is 11.1. The van der Waals surface area contributed by atoms with Gasteiger partial charge < -0.3 is 4.90 Å². The summed E-state index contributed by atoms with van der Waals surface area (Å²) in [5, 5.41) is 0.